The number of para-hydroxylation sites is 2. The number of ether oxygens (including phenoxy) is 4. The predicted molar refractivity (Wildman–Crippen MR) is 158 cm³/mol. The maximum absolute atomic E-state index is 10.8. The van der Waals surface area contributed by atoms with Gasteiger partial charge in [-0.1, -0.05) is 52.5 Å². The number of aldehydes is 1. The van der Waals surface area contributed by atoms with Gasteiger partial charge in [0.15, 0.2) is 6.29 Å². The van der Waals surface area contributed by atoms with Gasteiger partial charge in [-0.25, -0.2) is 0 Å². The minimum Gasteiger partial charge on any atom is -0.462 e. The van der Waals surface area contributed by atoms with Crippen molar-refractivity contribution in [1.29, 1.82) is 0 Å². The number of hydrogen-bond acceptors (Lipinski definition) is 6. The molecule has 0 saturated heterocycles. The van der Waals surface area contributed by atoms with E-state index in [0.29, 0.717) is 24.5 Å². The Labute approximate surface area is 257 Å². The summed E-state index contributed by atoms with van der Waals surface area (Å²) < 4.78 is 23.2. The fraction of sp³-hybridized carbons (Fsp3) is 0.500. The van der Waals surface area contributed by atoms with E-state index < -0.39 is 11.6 Å². The summed E-state index contributed by atoms with van der Waals surface area (Å²) in [7, 11) is 3.38. The molecule has 39 heavy (non-hydrogen) atoms. The van der Waals surface area contributed by atoms with Crippen LogP contribution in [-0.2, 0) is 27.5 Å². The monoisotopic (exact) mass is 603 g/mol. The van der Waals surface area contributed by atoms with Gasteiger partial charge in [-0.15, -0.1) is 0 Å². The topological polar surface area (TPSA) is 74.3 Å². The Morgan fingerprint density at radius 1 is 0.897 bits per heavy atom. The van der Waals surface area contributed by atoms with Gasteiger partial charge >= 0.3 is 18.9 Å². The van der Waals surface area contributed by atoms with Crippen molar-refractivity contribution in [1.82, 2.24) is 4.90 Å². The van der Waals surface area contributed by atoms with Crippen LogP contribution in [0.25, 0.3) is 0 Å². The van der Waals surface area contributed by atoms with E-state index in [4.69, 9.17) is 18.9 Å². The molecule has 1 amide bonds. The van der Waals surface area contributed by atoms with Crippen molar-refractivity contribution in [3.05, 3.63) is 64.5 Å². The molecule has 0 saturated carbocycles. The minimum absolute atomic E-state index is 0. The second kappa shape index (κ2) is 20.1. The molecule has 0 spiro atoms. The molecule has 2 aromatic rings. The Bertz CT molecular complexity index is 980. The molecular formula is C30H47BrLiNO6. The first-order valence-electron chi connectivity index (χ1n) is 11.8. The smallest absolute Gasteiger partial charge is 0.462 e. The maximum atomic E-state index is 10.8. The fourth-order valence-corrected chi connectivity index (χ4v) is 3.26. The van der Waals surface area contributed by atoms with Crippen LogP contribution in [0, 0.1) is 6.92 Å². The summed E-state index contributed by atoms with van der Waals surface area (Å²) in [5, 5.41) is 0. The van der Waals surface area contributed by atoms with E-state index in [0.717, 1.165) is 40.5 Å². The third-order valence-electron chi connectivity index (χ3n) is 4.71. The summed E-state index contributed by atoms with van der Waals surface area (Å²) in [6.07, 6.45) is 3.83. The molecule has 2 aromatic carbocycles. The van der Waals surface area contributed by atoms with Gasteiger partial charge in [0, 0.05) is 52.9 Å². The summed E-state index contributed by atoms with van der Waals surface area (Å²) in [6, 6.07) is 11.4. The quantitative estimate of drug-likeness (QED) is 0.284. The van der Waals surface area contributed by atoms with Gasteiger partial charge in [0.2, 0.25) is 18.0 Å². The van der Waals surface area contributed by atoms with Gasteiger partial charge in [0.1, 0.15) is 11.5 Å². The van der Waals surface area contributed by atoms with Crippen LogP contribution < -0.4 is 28.3 Å². The Morgan fingerprint density at radius 3 is 1.72 bits per heavy atom. The number of fused-ring (bicyclic) bond motifs is 2. The summed E-state index contributed by atoms with van der Waals surface area (Å²) in [5.41, 5.74) is 2.60. The molecule has 0 unspecified atom stereocenters. The largest absolute Gasteiger partial charge is 1.00 e. The minimum atomic E-state index is -0.647. The number of nitrogens with zero attached hydrogens (tertiary/aromatic N) is 1. The second-order valence-electron chi connectivity index (χ2n) is 9.19. The molecule has 216 valence electrons. The second-order valence-corrected chi connectivity index (χ2v) is 10.0. The molecule has 7 nitrogen and oxygen atoms in total. The van der Waals surface area contributed by atoms with Crippen molar-refractivity contribution in [2.75, 3.05) is 14.1 Å². The van der Waals surface area contributed by atoms with Crippen LogP contribution in [0.15, 0.2) is 40.9 Å². The van der Waals surface area contributed by atoms with Gasteiger partial charge in [-0.3, -0.25) is 9.59 Å². The van der Waals surface area contributed by atoms with E-state index >= 15 is 0 Å². The van der Waals surface area contributed by atoms with Crippen molar-refractivity contribution < 1.29 is 47.4 Å². The van der Waals surface area contributed by atoms with Crippen molar-refractivity contribution in [2.45, 2.75) is 87.1 Å². The van der Waals surface area contributed by atoms with Crippen LogP contribution in [0.2, 0.25) is 0 Å². The maximum Gasteiger partial charge on any atom is 1.00 e. The van der Waals surface area contributed by atoms with Gasteiger partial charge in [0.05, 0.1) is 23.2 Å². The Morgan fingerprint density at radius 2 is 1.31 bits per heavy atom. The SMILES string of the molecule is C.C.CC1(C)OCc2cccc(Br)c2O1.CC1(C)OCc2cccc(C=O)c2O1.CN(C)C=O.[CH2-]CCC.[Li+]. The molecule has 0 radical (unpaired) electrons. The molecule has 0 fully saturated rings. The summed E-state index contributed by atoms with van der Waals surface area (Å²) in [5.74, 6) is 0.390. The third kappa shape index (κ3) is 14.9. The average molecular weight is 605 g/mol. The van der Waals surface area contributed by atoms with Gasteiger partial charge in [-0.05, 0) is 28.1 Å². The number of hydrogen-bond donors (Lipinski definition) is 0. The zero-order valence-electron chi connectivity index (χ0n) is 23.4. The number of carbonyl (C=O) groups is 2. The van der Waals surface area contributed by atoms with Crippen LogP contribution in [0.3, 0.4) is 0 Å². The molecule has 0 atom stereocenters. The fourth-order valence-electron chi connectivity index (χ4n) is 2.77. The van der Waals surface area contributed by atoms with Crippen molar-refractivity contribution in [3.8, 4) is 11.5 Å². The van der Waals surface area contributed by atoms with Crippen molar-refractivity contribution in [3.63, 3.8) is 0 Å². The molecular weight excluding hydrogens is 557 g/mol. The molecule has 2 aliphatic heterocycles. The Kier molecular flexibility index (Phi) is 21.5. The number of rotatable bonds is 3. The van der Waals surface area contributed by atoms with Crippen LogP contribution in [0.4, 0.5) is 0 Å². The van der Waals surface area contributed by atoms with Crippen LogP contribution in [0.5, 0.6) is 11.5 Å². The number of amides is 1. The third-order valence-corrected chi connectivity index (χ3v) is 5.34. The number of carbonyl (C=O) groups excluding carboxylic acids is 2. The number of benzene rings is 2. The molecule has 2 heterocycles. The molecule has 9 heteroatoms. The van der Waals surface area contributed by atoms with E-state index in [1.165, 1.54) is 11.3 Å². The summed E-state index contributed by atoms with van der Waals surface area (Å²) in [6.45, 7) is 14.3. The normalized spacial score (nSPS) is 14.5. The molecule has 2 aliphatic rings. The molecule has 4 rings (SSSR count). The first kappa shape index (κ1) is 41.7. The predicted octanol–water partition coefficient (Wildman–Crippen LogP) is 4.84. The van der Waals surface area contributed by atoms with Crippen molar-refractivity contribution >= 4 is 28.6 Å². The van der Waals surface area contributed by atoms with Crippen LogP contribution in [-0.4, -0.2) is 43.3 Å². The first-order valence-corrected chi connectivity index (χ1v) is 12.6. The van der Waals surface area contributed by atoms with E-state index in [1.54, 1.807) is 20.2 Å². The van der Waals surface area contributed by atoms with E-state index in [9.17, 15) is 9.59 Å². The first-order chi connectivity index (χ1) is 16.9. The molecule has 0 N–H and O–H groups in total. The standard InChI is InChI=1S/C11H12O3.C10H11BrO2.C4H9.C3H7NO.2CH4.Li/c1-11(2)13-7-9-5-3-4-8(6-12)10(9)14-11;1-10(2)12-6-7-4-3-5-8(11)9(7)13-10;1-3-4-2;1-4(2)3-5;;;/h3-6H,7H2,1-2H3;3-5H,6H2,1-2H3;1,3-4H2,2H3;3H,1-2H3;2*1H4;/q;;-1;;;;+1. The Balaban J connectivity index is -0.000000483. The zero-order valence-corrected chi connectivity index (χ0v) is 25.0. The zero-order chi connectivity index (χ0) is 27.4. The van der Waals surface area contributed by atoms with Gasteiger partial charge in [-0.2, -0.15) is 6.42 Å². The average Bonchev–Trinajstić information content (AvgIpc) is 2.84. The van der Waals surface area contributed by atoms with Crippen molar-refractivity contribution in [2.24, 2.45) is 0 Å². The number of halogens is 1. The summed E-state index contributed by atoms with van der Waals surface area (Å²) >= 11 is 3.45. The van der Waals surface area contributed by atoms with Crippen LogP contribution in [0.1, 0.15) is 83.8 Å². The molecule has 0 aliphatic carbocycles. The van der Waals surface area contributed by atoms with E-state index in [2.05, 4.69) is 29.8 Å². The van der Waals surface area contributed by atoms with E-state index in [1.807, 2.05) is 58.0 Å². The summed E-state index contributed by atoms with van der Waals surface area (Å²) in [4.78, 5) is 21.6. The van der Waals surface area contributed by atoms with Crippen LogP contribution >= 0.6 is 15.9 Å². The van der Waals surface area contributed by atoms with E-state index in [-0.39, 0.29) is 33.7 Å². The van der Waals surface area contributed by atoms with Gasteiger partial charge < -0.3 is 30.8 Å². The van der Waals surface area contributed by atoms with Gasteiger partial charge in [0.25, 0.3) is 0 Å². The molecule has 0 aromatic heterocycles. The Hall–Kier alpha value is -1.82. The number of unbranched alkanes of at least 4 members (excludes halogenated alkanes) is 1. The molecule has 0 bridgehead atoms.